The zero-order chi connectivity index (χ0) is 15.7. The first-order chi connectivity index (χ1) is 9.75. The van der Waals surface area contributed by atoms with Crippen molar-refractivity contribution < 1.29 is 8.42 Å². The zero-order valence-corrected chi connectivity index (χ0v) is 14.9. The molecule has 1 saturated heterocycles. The van der Waals surface area contributed by atoms with E-state index in [1.165, 1.54) is 12.8 Å². The standard InChI is InChI=1S/C16H32N2O2S/c1-5-10-21(19,20)11-9-18-13-15(3,6-2)17-12-16(18,4)14-7-8-14/h14,17H,5-13H2,1-4H3. The minimum absolute atomic E-state index is 0.114. The van der Waals surface area contributed by atoms with Crippen molar-refractivity contribution in [3.8, 4) is 0 Å². The van der Waals surface area contributed by atoms with Crippen molar-refractivity contribution in [2.45, 2.75) is 64.5 Å². The van der Waals surface area contributed by atoms with Crippen LogP contribution in [-0.4, -0.2) is 55.5 Å². The van der Waals surface area contributed by atoms with Crippen molar-refractivity contribution in [3.05, 3.63) is 0 Å². The van der Waals surface area contributed by atoms with Gasteiger partial charge in [0.05, 0.1) is 5.75 Å². The van der Waals surface area contributed by atoms with Gasteiger partial charge >= 0.3 is 0 Å². The predicted molar refractivity (Wildman–Crippen MR) is 88.3 cm³/mol. The van der Waals surface area contributed by atoms with E-state index in [0.29, 0.717) is 18.1 Å². The molecule has 2 fully saturated rings. The maximum Gasteiger partial charge on any atom is 0.151 e. The summed E-state index contributed by atoms with van der Waals surface area (Å²) in [5.74, 6) is 1.37. The van der Waals surface area contributed by atoms with Gasteiger partial charge in [-0.2, -0.15) is 0 Å². The van der Waals surface area contributed by atoms with E-state index in [2.05, 4.69) is 31.0 Å². The molecule has 1 N–H and O–H groups in total. The maximum atomic E-state index is 12.1. The number of hydrogen-bond acceptors (Lipinski definition) is 4. The van der Waals surface area contributed by atoms with Crippen LogP contribution in [0.15, 0.2) is 0 Å². The molecule has 2 aliphatic rings. The molecular weight excluding hydrogens is 284 g/mol. The molecule has 0 radical (unpaired) electrons. The fraction of sp³-hybridized carbons (Fsp3) is 1.00. The second-order valence-corrected chi connectivity index (χ2v) is 9.78. The van der Waals surface area contributed by atoms with Gasteiger partial charge in [-0.25, -0.2) is 8.42 Å². The Kier molecular flexibility index (Phi) is 5.06. The number of piperazine rings is 1. The van der Waals surface area contributed by atoms with E-state index in [1.54, 1.807) is 0 Å². The number of nitrogens with zero attached hydrogens (tertiary/aromatic N) is 1. The zero-order valence-electron chi connectivity index (χ0n) is 14.1. The van der Waals surface area contributed by atoms with Crippen molar-refractivity contribution in [2.75, 3.05) is 31.1 Å². The first-order valence-electron chi connectivity index (χ1n) is 8.45. The first-order valence-corrected chi connectivity index (χ1v) is 10.3. The molecule has 1 heterocycles. The minimum atomic E-state index is -2.89. The first kappa shape index (κ1) is 17.2. The molecule has 1 aliphatic heterocycles. The second kappa shape index (κ2) is 6.17. The molecule has 4 nitrogen and oxygen atoms in total. The Morgan fingerprint density at radius 2 is 1.86 bits per heavy atom. The lowest BCUT2D eigenvalue weighted by Crippen LogP contribution is -2.69. The molecule has 0 aromatic rings. The Balaban J connectivity index is 2.07. The van der Waals surface area contributed by atoms with Gasteiger partial charge in [0.1, 0.15) is 0 Å². The summed E-state index contributed by atoms with van der Waals surface area (Å²) in [4.78, 5) is 2.47. The Morgan fingerprint density at radius 1 is 1.19 bits per heavy atom. The average molecular weight is 317 g/mol. The third-order valence-corrected chi connectivity index (χ3v) is 7.39. The minimum Gasteiger partial charge on any atom is -0.308 e. The van der Waals surface area contributed by atoms with Gasteiger partial charge in [0.25, 0.3) is 0 Å². The Bertz CT molecular complexity index is 461. The van der Waals surface area contributed by atoms with Gasteiger partial charge in [0.2, 0.25) is 0 Å². The quantitative estimate of drug-likeness (QED) is 0.781. The molecule has 1 saturated carbocycles. The fourth-order valence-corrected chi connectivity index (χ4v) is 4.83. The van der Waals surface area contributed by atoms with E-state index in [9.17, 15) is 8.42 Å². The Hall–Kier alpha value is -0.130. The summed E-state index contributed by atoms with van der Waals surface area (Å²) in [6.45, 7) is 11.3. The molecule has 21 heavy (non-hydrogen) atoms. The predicted octanol–water partition coefficient (Wildman–Crippen LogP) is 2.05. The molecule has 0 aromatic heterocycles. The van der Waals surface area contributed by atoms with Crippen molar-refractivity contribution >= 4 is 9.84 Å². The monoisotopic (exact) mass is 316 g/mol. The van der Waals surface area contributed by atoms with E-state index >= 15 is 0 Å². The summed E-state index contributed by atoms with van der Waals surface area (Å²) >= 11 is 0. The third kappa shape index (κ3) is 3.99. The summed E-state index contributed by atoms with van der Waals surface area (Å²) < 4.78 is 24.1. The van der Waals surface area contributed by atoms with Gasteiger partial charge in [0.15, 0.2) is 9.84 Å². The van der Waals surface area contributed by atoms with Crippen LogP contribution in [0.1, 0.15) is 53.4 Å². The molecule has 1 aliphatic carbocycles. The van der Waals surface area contributed by atoms with Crippen LogP contribution >= 0.6 is 0 Å². The molecule has 2 atom stereocenters. The largest absolute Gasteiger partial charge is 0.308 e. The second-order valence-electron chi connectivity index (χ2n) is 7.47. The summed E-state index contributed by atoms with van der Waals surface area (Å²) in [5.41, 5.74) is 0.249. The van der Waals surface area contributed by atoms with E-state index in [-0.39, 0.29) is 11.1 Å². The SMILES string of the molecule is CCCS(=O)(=O)CCN1CC(C)(CC)NCC1(C)C1CC1. The molecule has 0 aromatic carbocycles. The lowest BCUT2D eigenvalue weighted by Gasteiger charge is -2.52. The lowest BCUT2D eigenvalue weighted by molar-refractivity contribution is 0.0100. The number of nitrogens with one attached hydrogen (secondary N) is 1. The van der Waals surface area contributed by atoms with Crippen LogP contribution in [0.2, 0.25) is 0 Å². The van der Waals surface area contributed by atoms with Crippen molar-refractivity contribution in [2.24, 2.45) is 5.92 Å². The summed E-state index contributed by atoms with van der Waals surface area (Å²) in [5, 5.41) is 3.72. The molecule has 5 heteroatoms. The van der Waals surface area contributed by atoms with Gasteiger partial charge in [-0.3, -0.25) is 4.90 Å². The van der Waals surface area contributed by atoms with Crippen molar-refractivity contribution in [3.63, 3.8) is 0 Å². The smallest absolute Gasteiger partial charge is 0.151 e. The van der Waals surface area contributed by atoms with Gasteiger partial charge < -0.3 is 5.32 Å². The molecule has 0 spiro atoms. The van der Waals surface area contributed by atoms with Crippen LogP contribution in [0.25, 0.3) is 0 Å². The van der Waals surface area contributed by atoms with Gasteiger partial charge in [0, 0.05) is 36.5 Å². The van der Waals surface area contributed by atoms with Gasteiger partial charge in [-0.1, -0.05) is 13.8 Å². The Labute approximate surface area is 130 Å². The fourth-order valence-electron chi connectivity index (χ4n) is 3.50. The van der Waals surface area contributed by atoms with Gasteiger partial charge in [-0.15, -0.1) is 0 Å². The molecular formula is C16H32N2O2S. The average Bonchev–Trinajstić information content (AvgIpc) is 3.25. The van der Waals surface area contributed by atoms with Crippen LogP contribution in [0.4, 0.5) is 0 Å². The number of hydrogen-bond donors (Lipinski definition) is 1. The highest BCUT2D eigenvalue weighted by molar-refractivity contribution is 7.91. The molecule has 2 rings (SSSR count). The van der Waals surface area contributed by atoms with Crippen LogP contribution in [-0.2, 0) is 9.84 Å². The van der Waals surface area contributed by atoms with Crippen LogP contribution < -0.4 is 5.32 Å². The van der Waals surface area contributed by atoms with E-state index < -0.39 is 9.84 Å². The highest BCUT2D eigenvalue weighted by Gasteiger charge is 2.50. The summed E-state index contributed by atoms with van der Waals surface area (Å²) in [6, 6.07) is 0. The third-order valence-electron chi connectivity index (χ3n) is 5.56. The van der Waals surface area contributed by atoms with E-state index in [1.807, 2.05) is 6.92 Å². The van der Waals surface area contributed by atoms with Crippen LogP contribution in [0.5, 0.6) is 0 Å². The maximum absolute atomic E-state index is 12.1. The topological polar surface area (TPSA) is 49.4 Å². The summed E-state index contributed by atoms with van der Waals surface area (Å²) in [6.07, 6.45) is 4.38. The number of rotatable bonds is 7. The highest BCUT2D eigenvalue weighted by atomic mass is 32.2. The highest BCUT2D eigenvalue weighted by Crippen LogP contribution is 2.45. The summed E-state index contributed by atoms with van der Waals surface area (Å²) in [7, 11) is -2.89. The lowest BCUT2D eigenvalue weighted by atomic mass is 9.84. The molecule has 0 amide bonds. The Morgan fingerprint density at radius 3 is 2.38 bits per heavy atom. The normalized spacial score (nSPS) is 35.0. The van der Waals surface area contributed by atoms with E-state index in [0.717, 1.165) is 31.8 Å². The van der Waals surface area contributed by atoms with Crippen LogP contribution in [0.3, 0.4) is 0 Å². The van der Waals surface area contributed by atoms with Gasteiger partial charge in [-0.05, 0) is 45.4 Å². The molecule has 0 bridgehead atoms. The molecule has 2 unspecified atom stereocenters. The van der Waals surface area contributed by atoms with Crippen molar-refractivity contribution in [1.82, 2.24) is 10.2 Å². The number of sulfone groups is 1. The molecule has 124 valence electrons. The van der Waals surface area contributed by atoms with E-state index in [4.69, 9.17) is 0 Å². The van der Waals surface area contributed by atoms with Crippen LogP contribution in [0, 0.1) is 5.92 Å². The van der Waals surface area contributed by atoms with Crippen molar-refractivity contribution in [1.29, 1.82) is 0 Å².